The highest BCUT2D eigenvalue weighted by Gasteiger charge is 2.48. The Morgan fingerprint density at radius 2 is 1.93 bits per heavy atom. The number of carbonyl (C=O) groups excluding carboxylic acids is 1. The molecule has 2 bridgehead atoms. The van der Waals surface area contributed by atoms with Gasteiger partial charge in [-0.15, -0.1) is 24.8 Å². The first-order valence-corrected chi connectivity index (χ1v) is 9.87. The summed E-state index contributed by atoms with van der Waals surface area (Å²) in [4.78, 5) is 21.8. The molecule has 2 N–H and O–H groups in total. The number of rotatable bonds is 2. The Kier molecular flexibility index (Phi) is 6.35. The zero-order valence-corrected chi connectivity index (χ0v) is 17.8. The van der Waals surface area contributed by atoms with Gasteiger partial charge in [-0.3, -0.25) is 4.79 Å². The van der Waals surface area contributed by atoms with Crippen LogP contribution in [0.15, 0.2) is 22.6 Å². The zero-order chi connectivity index (χ0) is 17.8. The molecule has 0 unspecified atom stereocenters. The van der Waals surface area contributed by atoms with Crippen molar-refractivity contribution in [3.8, 4) is 0 Å². The van der Waals surface area contributed by atoms with Gasteiger partial charge < -0.3 is 20.0 Å². The molecule has 1 aromatic heterocycles. The molecule has 3 fully saturated rings. The van der Waals surface area contributed by atoms with E-state index in [1.54, 1.807) is 6.07 Å². The Hall–Kier alpha value is -1.21. The Morgan fingerprint density at radius 1 is 1.18 bits per heavy atom. The molecule has 3 aliphatic heterocycles. The molecule has 3 saturated heterocycles. The lowest BCUT2D eigenvalue weighted by atomic mass is 9.95. The van der Waals surface area contributed by atoms with E-state index in [4.69, 9.17) is 21.8 Å². The van der Waals surface area contributed by atoms with Crippen molar-refractivity contribution in [3.63, 3.8) is 0 Å². The van der Waals surface area contributed by atoms with Crippen molar-refractivity contribution in [3.05, 3.63) is 23.2 Å². The van der Waals surface area contributed by atoms with E-state index >= 15 is 0 Å². The average molecular weight is 448 g/mol. The fraction of sp³-hybridized carbons (Fsp3) is 0.579. The topological polar surface area (TPSA) is 75.6 Å². The van der Waals surface area contributed by atoms with Crippen LogP contribution in [-0.2, 0) is 4.79 Å². The predicted octanol–water partition coefficient (Wildman–Crippen LogP) is 3.63. The number of anilines is 1. The molecule has 3 atom stereocenters. The molecule has 0 saturated carbocycles. The minimum Gasteiger partial charge on any atom is -0.423 e. The highest BCUT2D eigenvalue weighted by atomic mass is 35.5. The largest absolute Gasteiger partial charge is 0.423 e. The lowest BCUT2D eigenvalue weighted by molar-refractivity contribution is -0.137. The molecular weight excluding hydrogens is 423 g/mol. The van der Waals surface area contributed by atoms with E-state index in [1.165, 1.54) is 0 Å². The summed E-state index contributed by atoms with van der Waals surface area (Å²) in [6.07, 6.45) is 4.84. The summed E-state index contributed by atoms with van der Waals surface area (Å²) < 4.78 is 5.86. The number of fused-ring (bicyclic) bond motifs is 3. The van der Waals surface area contributed by atoms with Gasteiger partial charge in [-0.2, -0.15) is 4.98 Å². The lowest BCUT2D eigenvalue weighted by Gasteiger charge is -2.34. The standard InChI is InChI=1S/C19H23ClN4O2.2ClH/c20-12-1-3-15-17(9-12)26-19(22-15)23-7-5-11(6-8-23)18(25)24-13-2-4-16(24)14(21)10-13;;/h1,3,9,11,13-14,16H,2,4-8,10,21H2;2*1H/t13-,14-,16+;;/m1../s1. The van der Waals surface area contributed by atoms with Crippen molar-refractivity contribution in [1.29, 1.82) is 0 Å². The number of hydrogen-bond donors (Lipinski definition) is 1. The molecule has 1 aromatic carbocycles. The molecule has 28 heavy (non-hydrogen) atoms. The molecule has 4 heterocycles. The van der Waals surface area contributed by atoms with Crippen LogP contribution in [0.3, 0.4) is 0 Å². The highest BCUT2D eigenvalue weighted by molar-refractivity contribution is 6.31. The van der Waals surface area contributed by atoms with Crippen LogP contribution < -0.4 is 10.6 Å². The van der Waals surface area contributed by atoms with Crippen LogP contribution in [0.2, 0.25) is 5.02 Å². The van der Waals surface area contributed by atoms with Gasteiger partial charge >= 0.3 is 0 Å². The number of nitrogens with two attached hydrogens (primary N) is 1. The second kappa shape index (κ2) is 8.27. The summed E-state index contributed by atoms with van der Waals surface area (Å²) >= 11 is 6.02. The molecule has 6 nitrogen and oxygen atoms in total. The van der Waals surface area contributed by atoms with Crippen molar-refractivity contribution in [1.82, 2.24) is 9.88 Å². The van der Waals surface area contributed by atoms with Gasteiger partial charge in [0.25, 0.3) is 6.01 Å². The van der Waals surface area contributed by atoms with E-state index < -0.39 is 0 Å². The molecule has 2 aromatic rings. The molecule has 154 valence electrons. The van der Waals surface area contributed by atoms with Gasteiger partial charge in [0.05, 0.1) is 0 Å². The van der Waals surface area contributed by atoms with E-state index in [9.17, 15) is 4.79 Å². The van der Waals surface area contributed by atoms with Gasteiger partial charge in [0, 0.05) is 48.2 Å². The van der Waals surface area contributed by atoms with Crippen LogP contribution in [-0.4, -0.2) is 47.0 Å². The second-order valence-corrected chi connectivity index (χ2v) is 8.25. The van der Waals surface area contributed by atoms with Crippen LogP contribution >= 0.6 is 36.4 Å². The van der Waals surface area contributed by atoms with Crippen LogP contribution in [0, 0.1) is 5.92 Å². The summed E-state index contributed by atoms with van der Waals surface area (Å²) in [5.41, 5.74) is 7.70. The third kappa shape index (κ3) is 3.56. The molecule has 1 amide bonds. The van der Waals surface area contributed by atoms with E-state index in [2.05, 4.69) is 14.8 Å². The van der Waals surface area contributed by atoms with E-state index in [0.29, 0.717) is 28.6 Å². The number of nitrogens with zero attached hydrogens (tertiary/aromatic N) is 3. The summed E-state index contributed by atoms with van der Waals surface area (Å²) in [6, 6.07) is 6.91. The monoisotopic (exact) mass is 446 g/mol. The molecule has 9 heteroatoms. The first-order valence-electron chi connectivity index (χ1n) is 9.49. The number of carbonyl (C=O) groups is 1. The van der Waals surface area contributed by atoms with Crippen LogP contribution in [0.1, 0.15) is 32.1 Å². The Labute approximate surface area is 181 Å². The van der Waals surface area contributed by atoms with Crippen molar-refractivity contribution in [2.75, 3.05) is 18.0 Å². The highest BCUT2D eigenvalue weighted by Crippen LogP contribution is 2.39. The number of aromatic nitrogens is 1. The maximum Gasteiger partial charge on any atom is 0.298 e. The fourth-order valence-electron chi connectivity index (χ4n) is 4.93. The third-order valence-corrected chi connectivity index (χ3v) is 6.53. The fourth-order valence-corrected chi connectivity index (χ4v) is 5.09. The van der Waals surface area contributed by atoms with Crippen LogP contribution in [0.4, 0.5) is 6.01 Å². The minimum atomic E-state index is 0. The van der Waals surface area contributed by atoms with Crippen molar-refractivity contribution >= 4 is 59.4 Å². The van der Waals surface area contributed by atoms with Crippen LogP contribution in [0.5, 0.6) is 0 Å². The summed E-state index contributed by atoms with van der Waals surface area (Å²) in [5.74, 6) is 0.410. The minimum absolute atomic E-state index is 0. The predicted molar refractivity (Wildman–Crippen MR) is 115 cm³/mol. The SMILES string of the molecule is Cl.Cl.N[C@@H]1C[C@H]2CC[C@@H]1N2C(=O)C1CCN(c2nc3ccc(Cl)cc3o2)CC1. The number of piperidine rings is 1. The third-order valence-electron chi connectivity index (χ3n) is 6.29. The van der Waals surface area contributed by atoms with Gasteiger partial charge in [0.2, 0.25) is 5.91 Å². The summed E-state index contributed by atoms with van der Waals surface area (Å²) in [5, 5.41) is 0.642. The normalized spacial score (nSPS) is 27.0. The van der Waals surface area contributed by atoms with Crippen LogP contribution in [0.25, 0.3) is 11.1 Å². The molecule has 5 rings (SSSR count). The second-order valence-electron chi connectivity index (χ2n) is 7.81. The first-order chi connectivity index (χ1) is 12.6. The number of hydrogen-bond acceptors (Lipinski definition) is 5. The van der Waals surface area contributed by atoms with Gasteiger partial charge in [0.1, 0.15) is 5.52 Å². The molecule has 0 spiro atoms. The molecule has 0 radical (unpaired) electrons. The summed E-state index contributed by atoms with van der Waals surface area (Å²) in [6.45, 7) is 1.57. The quantitative estimate of drug-likeness (QED) is 0.761. The Balaban J connectivity index is 0.00000112. The first kappa shape index (κ1) is 21.5. The average Bonchev–Trinajstić information content (AvgIpc) is 3.32. The van der Waals surface area contributed by atoms with Gasteiger partial charge in [-0.25, -0.2) is 0 Å². The number of halogens is 3. The molecule has 3 aliphatic rings. The molecule has 0 aliphatic carbocycles. The number of oxazole rings is 1. The Morgan fingerprint density at radius 3 is 2.57 bits per heavy atom. The van der Waals surface area contributed by atoms with Crippen molar-refractivity contribution in [2.24, 2.45) is 11.7 Å². The van der Waals surface area contributed by atoms with Gasteiger partial charge in [-0.1, -0.05) is 11.6 Å². The number of amides is 1. The smallest absolute Gasteiger partial charge is 0.298 e. The molecular formula is C19H25Cl3N4O2. The van der Waals surface area contributed by atoms with Gasteiger partial charge in [0.15, 0.2) is 5.58 Å². The number of benzene rings is 1. The zero-order valence-electron chi connectivity index (χ0n) is 15.4. The van der Waals surface area contributed by atoms with Crippen molar-refractivity contribution in [2.45, 2.75) is 50.2 Å². The maximum atomic E-state index is 13.0. The lowest BCUT2D eigenvalue weighted by Crippen LogP contribution is -2.46. The van der Waals surface area contributed by atoms with E-state index in [0.717, 1.165) is 50.7 Å². The maximum absolute atomic E-state index is 13.0. The Bertz CT molecular complexity index is 853. The van der Waals surface area contributed by atoms with E-state index in [1.807, 2.05) is 12.1 Å². The summed E-state index contributed by atoms with van der Waals surface area (Å²) in [7, 11) is 0. The van der Waals surface area contributed by atoms with E-state index in [-0.39, 0.29) is 42.8 Å². The van der Waals surface area contributed by atoms with Crippen molar-refractivity contribution < 1.29 is 9.21 Å². The van der Waals surface area contributed by atoms with Gasteiger partial charge in [-0.05, 0) is 44.2 Å².